The summed E-state index contributed by atoms with van der Waals surface area (Å²) in [6, 6.07) is 6.94. The largest absolute Gasteiger partial charge is 0.381 e. The molecule has 2 fully saturated rings. The van der Waals surface area contributed by atoms with Crippen LogP contribution in [0.1, 0.15) is 24.4 Å². The fourth-order valence-corrected chi connectivity index (χ4v) is 4.06. The van der Waals surface area contributed by atoms with Gasteiger partial charge in [0.2, 0.25) is 0 Å². The Morgan fingerprint density at radius 1 is 1.16 bits per heavy atom. The Morgan fingerprint density at radius 3 is 2.36 bits per heavy atom. The lowest BCUT2D eigenvalue weighted by atomic mass is 9.85. The summed E-state index contributed by atoms with van der Waals surface area (Å²) in [7, 11) is 4.11. The zero-order valence-electron chi connectivity index (χ0n) is 15.0. The van der Waals surface area contributed by atoms with Crippen molar-refractivity contribution < 1.29 is 4.74 Å². The number of ether oxygens (including phenoxy) is 1. The molecule has 3 rings (SSSR count). The summed E-state index contributed by atoms with van der Waals surface area (Å²) in [5, 5.41) is 4.35. The number of nitrogens with zero attached hydrogens (tertiary/aromatic N) is 2. The van der Waals surface area contributed by atoms with Gasteiger partial charge in [-0.2, -0.15) is 0 Å². The normalized spacial score (nSPS) is 20.3. The molecular formula is C18H30Cl3N3O. The van der Waals surface area contributed by atoms with Gasteiger partial charge in [-0.3, -0.25) is 4.90 Å². The SMILES string of the molecule is CN(C)c1ccc([C@@H](C2CCOCC2)N2CCNCC2)c(Cl)c1.Cl.Cl. The first-order valence-corrected chi connectivity index (χ1v) is 9.04. The predicted molar refractivity (Wildman–Crippen MR) is 111 cm³/mol. The fourth-order valence-electron chi connectivity index (χ4n) is 3.77. The van der Waals surface area contributed by atoms with Crippen LogP contribution >= 0.6 is 36.4 Å². The van der Waals surface area contributed by atoms with Crippen molar-refractivity contribution in [2.24, 2.45) is 5.92 Å². The van der Waals surface area contributed by atoms with Gasteiger partial charge in [0.1, 0.15) is 0 Å². The minimum absolute atomic E-state index is 0. The van der Waals surface area contributed by atoms with Gasteiger partial charge >= 0.3 is 0 Å². The minimum Gasteiger partial charge on any atom is -0.381 e. The number of piperazine rings is 1. The molecule has 0 aliphatic carbocycles. The fraction of sp³-hybridized carbons (Fsp3) is 0.667. The molecule has 0 aromatic heterocycles. The van der Waals surface area contributed by atoms with Crippen molar-refractivity contribution in [1.29, 1.82) is 0 Å². The second kappa shape index (κ2) is 10.8. The highest BCUT2D eigenvalue weighted by Gasteiger charge is 2.32. The van der Waals surface area contributed by atoms with Gasteiger partial charge in [0, 0.05) is 70.2 Å². The third-order valence-electron chi connectivity index (χ3n) is 5.08. The van der Waals surface area contributed by atoms with Crippen molar-refractivity contribution in [3.8, 4) is 0 Å². The summed E-state index contributed by atoms with van der Waals surface area (Å²) in [4.78, 5) is 4.72. The molecule has 0 amide bonds. The van der Waals surface area contributed by atoms with E-state index in [9.17, 15) is 0 Å². The van der Waals surface area contributed by atoms with E-state index in [1.807, 2.05) is 0 Å². The lowest BCUT2D eigenvalue weighted by Gasteiger charge is -2.41. The van der Waals surface area contributed by atoms with Crippen LogP contribution in [0.4, 0.5) is 5.69 Å². The molecule has 4 nitrogen and oxygen atoms in total. The van der Waals surface area contributed by atoms with Gasteiger partial charge in [0.25, 0.3) is 0 Å². The molecule has 0 unspecified atom stereocenters. The molecule has 2 aliphatic heterocycles. The van der Waals surface area contributed by atoms with Crippen LogP contribution in [0, 0.1) is 5.92 Å². The molecule has 0 bridgehead atoms. The van der Waals surface area contributed by atoms with Crippen LogP contribution < -0.4 is 10.2 Å². The zero-order valence-corrected chi connectivity index (χ0v) is 17.4. The molecular weight excluding hydrogens is 381 g/mol. The van der Waals surface area contributed by atoms with E-state index in [1.54, 1.807) is 0 Å². The Morgan fingerprint density at radius 2 is 1.80 bits per heavy atom. The molecule has 2 aliphatic rings. The summed E-state index contributed by atoms with van der Waals surface area (Å²) in [6.07, 6.45) is 2.25. The Balaban J connectivity index is 0.00000156. The van der Waals surface area contributed by atoms with Gasteiger partial charge in [-0.25, -0.2) is 0 Å². The van der Waals surface area contributed by atoms with Crippen LogP contribution in [0.5, 0.6) is 0 Å². The maximum atomic E-state index is 6.71. The summed E-state index contributed by atoms with van der Waals surface area (Å²) in [5.74, 6) is 0.629. The molecule has 2 heterocycles. The summed E-state index contributed by atoms with van der Waals surface area (Å²) in [6.45, 7) is 6.06. The van der Waals surface area contributed by atoms with Crippen LogP contribution in [0.2, 0.25) is 5.02 Å². The molecule has 0 spiro atoms. The first-order chi connectivity index (χ1) is 11.2. The van der Waals surface area contributed by atoms with E-state index < -0.39 is 0 Å². The molecule has 1 atom stereocenters. The van der Waals surface area contributed by atoms with Gasteiger partial charge in [-0.15, -0.1) is 24.8 Å². The number of halogens is 3. The quantitative estimate of drug-likeness (QED) is 0.820. The van der Waals surface area contributed by atoms with E-state index in [2.05, 4.69) is 47.4 Å². The van der Waals surface area contributed by atoms with Crippen LogP contribution in [0.15, 0.2) is 18.2 Å². The number of rotatable bonds is 4. The van der Waals surface area contributed by atoms with E-state index in [1.165, 1.54) is 5.56 Å². The highest BCUT2D eigenvalue weighted by Crippen LogP contribution is 2.39. The van der Waals surface area contributed by atoms with Crippen molar-refractivity contribution in [2.45, 2.75) is 18.9 Å². The maximum absolute atomic E-state index is 6.71. The van der Waals surface area contributed by atoms with Crippen molar-refractivity contribution in [1.82, 2.24) is 10.2 Å². The molecule has 0 saturated carbocycles. The second-order valence-electron chi connectivity index (χ2n) is 6.78. The predicted octanol–water partition coefficient (Wildman–Crippen LogP) is 3.62. The van der Waals surface area contributed by atoms with Crippen molar-refractivity contribution in [2.75, 3.05) is 58.4 Å². The maximum Gasteiger partial charge on any atom is 0.0474 e. The number of anilines is 1. The Hall–Kier alpha value is -0.230. The van der Waals surface area contributed by atoms with Gasteiger partial charge in [0.05, 0.1) is 0 Å². The highest BCUT2D eigenvalue weighted by molar-refractivity contribution is 6.31. The smallest absolute Gasteiger partial charge is 0.0474 e. The van der Waals surface area contributed by atoms with E-state index in [4.69, 9.17) is 16.3 Å². The van der Waals surface area contributed by atoms with Gasteiger partial charge in [-0.05, 0) is 36.5 Å². The van der Waals surface area contributed by atoms with Crippen LogP contribution in [0.3, 0.4) is 0 Å². The van der Waals surface area contributed by atoms with Crippen LogP contribution in [-0.4, -0.2) is 58.4 Å². The summed E-state index contributed by atoms with van der Waals surface area (Å²) < 4.78 is 5.58. The summed E-state index contributed by atoms with van der Waals surface area (Å²) >= 11 is 6.71. The average molecular weight is 411 g/mol. The number of hydrogen-bond donors (Lipinski definition) is 1. The second-order valence-corrected chi connectivity index (χ2v) is 7.19. The average Bonchev–Trinajstić information content (AvgIpc) is 2.58. The monoisotopic (exact) mass is 409 g/mol. The number of benzene rings is 1. The lowest BCUT2D eigenvalue weighted by molar-refractivity contribution is 0.0213. The first-order valence-electron chi connectivity index (χ1n) is 8.66. The van der Waals surface area contributed by atoms with E-state index in [0.717, 1.165) is 62.9 Å². The van der Waals surface area contributed by atoms with Gasteiger partial charge < -0.3 is 15.0 Å². The standard InChI is InChI=1S/C18H28ClN3O.2ClH/c1-21(2)15-3-4-16(17(19)13-15)18(14-5-11-23-12-6-14)22-9-7-20-8-10-22;;/h3-4,13-14,18,20H,5-12H2,1-2H3;2*1H/t18-;;/m1../s1. The number of nitrogens with one attached hydrogen (secondary N) is 1. The molecule has 7 heteroatoms. The molecule has 1 N–H and O–H groups in total. The minimum atomic E-state index is 0. The number of hydrogen-bond acceptors (Lipinski definition) is 4. The molecule has 2 saturated heterocycles. The van der Waals surface area contributed by atoms with Gasteiger partial charge in [0.15, 0.2) is 0 Å². The first kappa shape index (κ1) is 22.8. The van der Waals surface area contributed by atoms with E-state index >= 15 is 0 Å². The Bertz CT molecular complexity index is 500. The summed E-state index contributed by atoms with van der Waals surface area (Å²) in [5.41, 5.74) is 2.44. The molecule has 0 radical (unpaired) electrons. The topological polar surface area (TPSA) is 27.7 Å². The molecule has 25 heavy (non-hydrogen) atoms. The van der Waals surface area contributed by atoms with Crippen molar-refractivity contribution in [3.63, 3.8) is 0 Å². The Kier molecular flexibility index (Phi) is 9.86. The molecule has 1 aromatic rings. The van der Waals surface area contributed by atoms with E-state index in [-0.39, 0.29) is 24.8 Å². The highest BCUT2D eigenvalue weighted by atomic mass is 35.5. The van der Waals surface area contributed by atoms with Crippen LogP contribution in [0.25, 0.3) is 0 Å². The third kappa shape index (κ3) is 5.62. The zero-order chi connectivity index (χ0) is 16.2. The van der Waals surface area contributed by atoms with Crippen molar-refractivity contribution in [3.05, 3.63) is 28.8 Å². The molecule has 1 aromatic carbocycles. The van der Waals surface area contributed by atoms with Crippen molar-refractivity contribution >= 4 is 42.1 Å². The van der Waals surface area contributed by atoms with Gasteiger partial charge in [-0.1, -0.05) is 17.7 Å². The van der Waals surface area contributed by atoms with E-state index in [0.29, 0.717) is 12.0 Å². The third-order valence-corrected chi connectivity index (χ3v) is 5.40. The van der Waals surface area contributed by atoms with Crippen LogP contribution in [-0.2, 0) is 4.74 Å². The Labute approximate surface area is 169 Å². The lowest BCUT2D eigenvalue weighted by Crippen LogP contribution is -2.47. The molecule has 144 valence electrons.